The second-order valence-corrected chi connectivity index (χ2v) is 5.03. The molecule has 1 atom stereocenters. The van der Waals surface area contributed by atoms with E-state index in [1.807, 2.05) is 32.0 Å². The number of benzene rings is 1. The van der Waals surface area contributed by atoms with E-state index in [1.54, 1.807) is 13.8 Å². The monoisotopic (exact) mass is 264 g/mol. The molecule has 0 heterocycles. The molecule has 1 unspecified atom stereocenters. The molecule has 1 aromatic carbocycles. The van der Waals surface area contributed by atoms with Crippen molar-refractivity contribution in [2.24, 2.45) is 5.92 Å². The molecule has 5 heteroatoms. The fraction of sp³-hybridized carbons (Fsp3) is 0.429. The summed E-state index contributed by atoms with van der Waals surface area (Å²) in [6.45, 7) is 7.36. The van der Waals surface area contributed by atoms with Gasteiger partial charge in [-0.3, -0.25) is 0 Å². The molecular weight excluding hydrogens is 244 g/mol. The number of hydrogen-bond donors (Lipinski definition) is 3. The maximum Gasteiger partial charge on any atom is 0.326 e. The summed E-state index contributed by atoms with van der Waals surface area (Å²) in [6.07, 6.45) is 0. The maximum absolute atomic E-state index is 11.8. The lowest BCUT2D eigenvalue weighted by molar-refractivity contribution is -0.140. The van der Waals surface area contributed by atoms with Gasteiger partial charge in [-0.05, 0) is 43.0 Å². The molecule has 5 nitrogen and oxygen atoms in total. The lowest BCUT2D eigenvalue weighted by Crippen LogP contribution is -2.46. The Balaban J connectivity index is 2.71. The minimum atomic E-state index is -1.04. The van der Waals surface area contributed by atoms with Gasteiger partial charge in [-0.1, -0.05) is 19.9 Å². The van der Waals surface area contributed by atoms with Crippen LogP contribution in [0.1, 0.15) is 25.0 Å². The first-order chi connectivity index (χ1) is 8.79. The van der Waals surface area contributed by atoms with Crippen LogP contribution in [-0.4, -0.2) is 23.1 Å². The van der Waals surface area contributed by atoms with Crippen molar-refractivity contribution in [2.75, 3.05) is 5.32 Å². The summed E-state index contributed by atoms with van der Waals surface area (Å²) in [5.74, 6) is -1.21. The van der Waals surface area contributed by atoms with E-state index in [1.165, 1.54) is 0 Å². The number of rotatable bonds is 4. The van der Waals surface area contributed by atoms with Gasteiger partial charge in [0.25, 0.3) is 0 Å². The molecule has 3 N–H and O–H groups in total. The Bertz CT molecular complexity index is 463. The summed E-state index contributed by atoms with van der Waals surface area (Å²) in [4.78, 5) is 22.8. The van der Waals surface area contributed by atoms with Crippen molar-refractivity contribution < 1.29 is 14.7 Å². The minimum absolute atomic E-state index is 0.178. The predicted octanol–water partition coefficient (Wildman–Crippen LogP) is 2.53. The number of aliphatic carboxylic acids is 1. The summed E-state index contributed by atoms with van der Waals surface area (Å²) in [5, 5.41) is 14.1. The van der Waals surface area contributed by atoms with Gasteiger partial charge in [0.15, 0.2) is 0 Å². The van der Waals surface area contributed by atoms with Crippen LogP contribution in [0.25, 0.3) is 0 Å². The number of anilines is 1. The van der Waals surface area contributed by atoms with Crippen molar-refractivity contribution in [3.63, 3.8) is 0 Å². The van der Waals surface area contributed by atoms with Gasteiger partial charge < -0.3 is 15.7 Å². The number of carboxylic acids is 1. The third-order valence-electron chi connectivity index (χ3n) is 2.70. The first kappa shape index (κ1) is 15.0. The SMILES string of the molecule is Cc1cc(C)cc(NC(=O)NC(C(=O)O)C(C)C)c1. The Morgan fingerprint density at radius 3 is 2.05 bits per heavy atom. The molecule has 0 saturated carbocycles. The third-order valence-corrected chi connectivity index (χ3v) is 2.70. The third kappa shape index (κ3) is 4.62. The second kappa shape index (κ2) is 6.22. The first-order valence-corrected chi connectivity index (χ1v) is 6.18. The largest absolute Gasteiger partial charge is 0.480 e. The molecule has 0 bridgehead atoms. The highest BCUT2D eigenvalue weighted by molar-refractivity contribution is 5.92. The molecule has 104 valence electrons. The van der Waals surface area contributed by atoms with Crippen LogP contribution in [0, 0.1) is 19.8 Å². The predicted molar refractivity (Wildman–Crippen MR) is 74.3 cm³/mol. The van der Waals surface area contributed by atoms with E-state index >= 15 is 0 Å². The Morgan fingerprint density at radius 2 is 1.63 bits per heavy atom. The Hall–Kier alpha value is -2.04. The number of carboxylic acid groups (broad SMARTS) is 1. The molecular formula is C14H20N2O3. The highest BCUT2D eigenvalue weighted by Gasteiger charge is 2.23. The second-order valence-electron chi connectivity index (χ2n) is 5.03. The molecule has 0 fully saturated rings. The van der Waals surface area contributed by atoms with E-state index in [2.05, 4.69) is 10.6 Å². The lowest BCUT2D eigenvalue weighted by Gasteiger charge is -2.18. The van der Waals surface area contributed by atoms with Crippen LogP contribution in [0.2, 0.25) is 0 Å². The Morgan fingerprint density at radius 1 is 1.11 bits per heavy atom. The molecule has 2 amide bonds. The van der Waals surface area contributed by atoms with Crippen LogP contribution in [0.5, 0.6) is 0 Å². The van der Waals surface area contributed by atoms with Gasteiger partial charge in [-0.2, -0.15) is 0 Å². The van der Waals surface area contributed by atoms with Crippen molar-refractivity contribution in [3.8, 4) is 0 Å². The number of carbonyl (C=O) groups is 2. The van der Waals surface area contributed by atoms with Crippen LogP contribution in [0.15, 0.2) is 18.2 Å². The average molecular weight is 264 g/mol. The van der Waals surface area contributed by atoms with Gasteiger partial charge in [-0.15, -0.1) is 0 Å². The van der Waals surface area contributed by atoms with Gasteiger partial charge >= 0.3 is 12.0 Å². The van der Waals surface area contributed by atoms with Gasteiger partial charge in [-0.25, -0.2) is 9.59 Å². The summed E-state index contributed by atoms with van der Waals surface area (Å²) in [5.41, 5.74) is 2.73. The van der Waals surface area contributed by atoms with E-state index in [-0.39, 0.29) is 5.92 Å². The normalized spacial score (nSPS) is 12.1. The van der Waals surface area contributed by atoms with Crippen LogP contribution >= 0.6 is 0 Å². The standard InChI is InChI=1S/C14H20N2O3/c1-8(2)12(13(17)18)16-14(19)15-11-6-9(3)5-10(4)7-11/h5-8,12H,1-4H3,(H,17,18)(H2,15,16,19). The number of aryl methyl sites for hydroxylation is 2. The molecule has 19 heavy (non-hydrogen) atoms. The van der Waals surface area contributed by atoms with Crippen molar-refractivity contribution >= 4 is 17.7 Å². The maximum atomic E-state index is 11.8. The van der Waals surface area contributed by atoms with Gasteiger partial charge in [0.05, 0.1) is 0 Å². The van der Waals surface area contributed by atoms with Crippen LogP contribution in [-0.2, 0) is 4.79 Å². The molecule has 0 spiro atoms. The van der Waals surface area contributed by atoms with Crippen molar-refractivity contribution in [1.82, 2.24) is 5.32 Å². The van der Waals surface area contributed by atoms with Gasteiger partial charge in [0.2, 0.25) is 0 Å². The summed E-state index contributed by atoms with van der Waals surface area (Å²) >= 11 is 0. The lowest BCUT2D eigenvalue weighted by atomic mass is 10.1. The Labute approximate surface area is 113 Å². The summed E-state index contributed by atoms with van der Waals surface area (Å²) < 4.78 is 0. The molecule has 1 rings (SSSR count). The van der Waals surface area contributed by atoms with Crippen molar-refractivity contribution in [2.45, 2.75) is 33.7 Å². The molecule has 0 radical (unpaired) electrons. The van der Waals surface area contributed by atoms with Gasteiger partial charge in [0.1, 0.15) is 6.04 Å². The fourth-order valence-corrected chi connectivity index (χ4v) is 1.87. The number of carbonyl (C=O) groups excluding carboxylic acids is 1. The number of amides is 2. The zero-order chi connectivity index (χ0) is 14.6. The highest BCUT2D eigenvalue weighted by atomic mass is 16.4. The smallest absolute Gasteiger partial charge is 0.326 e. The Kier molecular flexibility index (Phi) is 4.92. The van der Waals surface area contributed by atoms with Crippen molar-refractivity contribution in [3.05, 3.63) is 29.3 Å². The van der Waals surface area contributed by atoms with Crippen LogP contribution in [0.4, 0.5) is 10.5 Å². The molecule has 0 aliphatic heterocycles. The molecule has 0 aliphatic carbocycles. The van der Waals surface area contributed by atoms with Crippen molar-refractivity contribution in [1.29, 1.82) is 0 Å². The summed E-state index contributed by atoms with van der Waals surface area (Å²) in [7, 11) is 0. The zero-order valence-electron chi connectivity index (χ0n) is 11.7. The quantitative estimate of drug-likeness (QED) is 0.782. The van der Waals surface area contributed by atoms with E-state index in [4.69, 9.17) is 5.11 Å². The molecule has 0 aliphatic rings. The van der Waals surface area contributed by atoms with Crippen LogP contribution < -0.4 is 10.6 Å². The van der Waals surface area contributed by atoms with E-state index in [0.29, 0.717) is 5.69 Å². The summed E-state index contributed by atoms with van der Waals surface area (Å²) in [6, 6.07) is 4.25. The fourth-order valence-electron chi connectivity index (χ4n) is 1.87. The van der Waals surface area contributed by atoms with Crippen LogP contribution in [0.3, 0.4) is 0 Å². The average Bonchev–Trinajstić information content (AvgIpc) is 2.23. The zero-order valence-corrected chi connectivity index (χ0v) is 11.7. The van der Waals surface area contributed by atoms with E-state index < -0.39 is 18.0 Å². The first-order valence-electron chi connectivity index (χ1n) is 6.18. The number of urea groups is 1. The number of hydrogen-bond acceptors (Lipinski definition) is 2. The van der Waals surface area contributed by atoms with Gasteiger partial charge in [0, 0.05) is 5.69 Å². The topological polar surface area (TPSA) is 78.4 Å². The molecule has 1 aromatic rings. The highest BCUT2D eigenvalue weighted by Crippen LogP contribution is 2.13. The molecule has 0 aromatic heterocycles. The van der Waals surface area contributed by atoms with E-state index in [0.717, 1.165) is 11.1 Å². The molecule has 0 saturated heterocycles. The van der Waals surface area contributed by atoms with E-state index in [9.17, 15) is 9.59 Å². The minimum Gasteiger partial charge on any atom is -0.480 e. The number of nitrogens with one attached hydrogen (secondary N) is 2.